The van der Waals surface area contributed by atoms with Gasteiger partial charge >= 0.3 is 5.97 Å². The third kappa shape index (κ3) is 4.20. The number of carboxylic acids is 1. The minimum absolute atomic E-state index is 0.0905. The summed E-state index contributed by atoms with van der Waals surface area (Å²) in [6.07, 6.45) is 0.0905. The van der Waals surface area contributed by atoms with Crippen LogP contribution in [0.5, 0.6) is 0 Å². The molecule has 0 aliphatic rings. The van der Waals surface area contributed by atoms with Crippen LogP contribution in [0.2, 0.25) is 0 Å². The molecule has 110 valence electrons. The maximum absolute atomic E-state index is 11.0. The molecule has 0 amide bonds. The molecule has 20 heavy (non-hydrogen) atoms. The normalized spacial score (nSPS) is 10.6. The van der Waals surface area contributed by atoms with Gasteiger partial charge in [0.1, 0.15) is 5.69 Å². The van der Waals surface area contributed by atoms with E-state index in [-0.39, 0.29) is 17.4 Å². The van der Waals surface area contributed by atoms with E-state index in [0.29, 0.717) is 18.8 Å². The lowest BCUT2D eigenvalue weighted by Crippen LogP contribution is -2.24. The number of anilines is 1. The van der Waals surface area contributed by atoms with E-state index in [9.17, 15) is 14.9 Å². The Kier molecular flexibility index (Phi) is 5.45. The van der Waals surface area contributed by atoms with Crippen LogP contribution in [0.25, 0.3) is 0 Å². The number of nitrogens with zero attached hydrogens (tertiary/aromatic N) is 2. The summed E-state index contributed by atoms with van der Waals surface area (Å²) in [5, 5.41) is 19.9. The summed E-state index contributed by atoms with van der Waals surface area (Å²) in [5.41, 5.74) is 0.0385. The van der Waals surface area contributed by atoms with E-state index in [1.54, 1.807) is 11.9 Å². The highest BCUT2D eigenvalue weighted by Crippen LogP contribution is 2.28. The van der Waals surface area contributed by atoms with E-state index in [0.717, 1.165) is 6.07 Å². The molecule has 7 heteroatoms. The molecule has 1 aromatic rings. The second-order valence-corrected chi connectivity index (χ2v) is 4.61. The van der Waals surface area contributed by atoms with Crippen molar-refractivity contribution >= 4 is 17.3 Å². The van der Waals surface area contributed by atoms with Gasteiger partial charge < -0.3 is 14.7 Å². The maximum atomic E-state index is 11.0. The smallest absolute Gasteiger partial charge is 0.335 e. The third-order valence-corrected chi connectivity index (χ3v) is 2.71. The lowest BCUT2D eigenvalue weighted by Gasteiger charge is -2.20. The quantitative estimate of drug-likeness (QED) is 0.608. The molecule has 1 rings (SSSR count). The molecule has 0 bridgehead atoms. The molecule has 0 aliphatic heterocycles. The number of ether oxygens (including phenoxy) is 1. The van der Waals surface area contributed by atoms with Crippen LogP contribution in [-0.2, 0) is 4.74 Å². The number of aromatic carboxylic acids is 1. The molecular weight excluding hydrogens is 264 g/mol. The fraction of sp³-hybridized carbons (Fsp3) is 0.462. The topological polar surface area (TPSA) is 92.9 Å². The number of likely N-dealkylation sites (N-methyl/N-ethyl adjacent to an activating group) is 1. The zero-order valence-electron chi connectivity index (χ0n) is 11.7. The lowest BCUT2D eigenvalue weighted by atomic mass is 10.1. The van der Waals surface area contributed by atoms with Crippen molar-refractivity contribution in [2.24, 2.45) is 0 Å². The largest absolute Gasteiger partial charge is 0.478 e. The van der Waals surface area contributed by atoms with Crippen LogP contribution in [0.1, 0.15) is 24.2 Å². The Hall–Kier alpha value is -2.15. The predicted molar refractivity (Wildman–Crippen MR) is 74.4 cm³/mol. The number of nitro benzene ring substituents is 1. The monoisotopic (exact) mass is 282 g/mol. The van der Waals surface area contributed by atoms with Crippen molar-refractivity contribution in [3.63, 3.8) is 0 Å². The number of hydrogen-bond acceptors (Lipinski definition) is 5. The van der Waals surface area contributed by atoms with E-state index in [1.165, 1.54) is 12.1 Å². The van der Waals surface area contributed by atoms with Gasteiger partial charge in [0.15, 0.2) is 0 Å². The molecule has 0 saturated carbocycles. The average molecular weight is 282 g/mol. The maximum Gasteiger partial charge on any atom is 0.335 e. The molecule has 0 radical (unpaired) electrons. The molecule has 1 aromatic carbocycles. The van der Waals surface area contributed by atoms with Crippen molar-refractivity contribution < 1.29 is 19.6 Å². The van der Waals surface area contributed by atoms with E-state index >= 15 is 0 Å². The Morgan fingerprint density at radius 2 is 2.15 bits per heavy atom. The van der Waals surface area contributed by atoms with Crippen LogP contribution < -0.4 is 4.90 Å². The van der Waals surface area contributed by atoms with E-state index in [4.69, 9.17) is 9.84 Å². The van der Waals surface area contributed by atoms with Crippen molar-refractivity contribution in [2.75, 3.05) is 25.1 Å². The first kappa shape index (κ1) is 15.9. The van der Waals surface area contributed by atoms with Gasteiger partial charge in [-0.25, -0.2) is 4.79 Å². The second-order valence-electron chi connectivity index (χ2n) is 4.61. The highest BCUT2D eigenvalue weighted by molar-refractivity contribution is 5.89. The average Bonchev–Trinajstić information content (AvgIpc) is 2.37. The summed E-state index contributed by atoms with van der Waals surface area (Å²) in [7, 11) is 1.70. The number of benzene rings is 1. The van der Waals surface area contributed by atoms with Gasteiger partial charge in [-0.05, 0) is 26.0 Å². The minimum Gasteiger partial charge on any atom is -0.478 e. The minimum atomic E-state index is -1.19. The molecule has 0 saturated heterocycles. The molecule has 0 unspecified atom stereocenters. The fourth-order valence-electron chi connectivity index (χ4n) is 1.67. The zero-order valence-corrected chi connectivity index (χ0v) is 11.7. The summed E-state index contributed by atoms with van der Waals surface area (Å²) in [5.74, 6) is -1.19. The Morgan fingerprint density at radius 3 is 2.65 bits per heavy atom. The van der Waals surface area contributed by atoms with Gasteiger partial charge in [0.05, 0.1) is 23.2 Å². The molecule has 1 N–H and O–H groups in total. The van der Waals surface area contributed by atoms with Crippen molar-refractivity contribution in [1.29, 1.82) is 0 Å². The number of nitro groups is 1. The SMILES string of the molecule is CC(C)OCCN(C)c1ccc(C(=O)O)cc1[N+](=O)[O-]. The summed E-state index contributed by atoms with van der Waals surface area (Å²) in [4.78, 5) is 23.0. The van der Waals surface area contributed by atoms with Gasteiger partial charge in [-0.3, -0.25) is 10.1 Å². The first-order valence-corrected chi connectivity index (χ1v) is 6.17. The Bertz CT molecular complexity index is 502. The molecule has 0 spiro atoms. The van der Waals surface area contributed by atoms with Gasteiger partial charge in [-0.15, -0.1) is 0 Å². The zero-order chi connectivity index (χ0) is 15.3. The first-order chi connectivity index (χ1) is 9.32. The highest BCUT2D eigenvalue weighted by atomic mass is 16.6. The first-order valence-electron chi connectivity index (χ1n) is 6.17. The van der Waals surface area contributed by atoms with Crippen molar-refractivity contribution in [3.05, 3.63) is 33.9 Å². The Labute approximate surface area is 116 Å². The van der Waals surface area contributed by atoms with Gasteiger partial charge in [0, 0.05) is 19.7 Å². The third-order valence-electron chi connectivity index (χ3n) is 2.71. The molecule has 0 fully saturated rings. The summed E-state index contributed by atoms with van der Waals surface area (Å²) < 4.78 is 5.39. The van der Waals surface area contributed by atoms with Gasteiger partial charge in [0.25, 0.3) is 5.69 Å². The molecule has 0 heterocycles. The molecule has 0 aromatic heterocycles. The van der Waals surface area contributed by atoms with Gasteiger partial charge in [-0.2, -0.15) is 0 Å². The standard InChI is InChI=1S/C13H18N2O5/c1-9(2)20-7-6-14(3)11-5-4-10(13(16)17)8-12(11)15(18)19/h4-5,8-9H,6-7H2,1-3H3,(H,16,17). The van der Waals surface area contributed by atoms with Crippen LogP contribution >= 0.6 is 0 Å². The molecular formula is C13H18N2O5. The number of carbonyl (C=O) groups is 1. The fourth-order valence-corrected chi connectivity index (χ4v) is 1.67. The summed E-state index contributed by atoms with van der Waals surface area (Å²) >= 11 is 0. The van der Waals surface area contributed by atoms with Gasteiger partial charge in [-0.1, -0.05) is 0 Å². The Morgan fingerprint density at radius 1 is 1.50 bits per heavy atom. The van der Waals surface area contributed by atoms with Crippen LogP contribution in [0, 0.1) is 10.1 Å². The van der Waals surface area contributed by atoms with Crippen molar-refractivity contribution in [3.8, 4) is 0 Å². The predicted octanol–water partition coefficient (Wildman–Crippen LogP) is 2.15. The summed E-state index contributed by atoms with van der Waals surface area (Å²) in [6.45, 7) is 4.73. The Balaban J connectivity index is 2.93. The van der Waals surface area contributed by atoms with Crippen LogP contribution in [0.15, 0.2) is 18.2 Å². The number of rotatable bonds is 7. The summed E-state index contributed by atoms with van der Waals surface area (Å²) in [6, 6.07) is 3.86. The van der Waals surface area contributed by atoms with E-state index in [1.807, 2.05) is 13.8 Å². The lowest BCUT2D eigenvalue weighted by molar-refractivity contribution is -0.384. The molecule has 0 atom stereocenters. The number of carboxylic acid groups (broad SMARTS) is 1. The number of hydrogen-bond donors (Lipinski definition) is 1. The second kappa shape index (κ2) is 6.85. The van der Waals surface area contributed by atoms with Crippen molar-refractivity contribution in [1.82, 2.24) is 0 Å². The van der Waals surface area contributed by atoms with Crippen LogP contribution in [0.4, 0.5) is 11.4 Å². The van der Waals surface area contributed by atoms with Crippen LogP contribution in [0.3, 0.4) is 0 Å². The highest BCUT2D eigenvalue weighted by Gasteiger charge is 2.19. The van der Waals surface area contributed by atoms with E-state index < -0.39 is 10.9 Å². The van der Waals surface area contributed by atoms with Crippen molar-refractivity contribution in [2.45, 2.75) is 20.0 Å². The molecule has 0 aliphatic carbocycles. The molecule has 7 nitrogen and oxygen atoms in total. The van der Waals surface area contributed by atoms with E-state index in [2.05, 4.69) is 0 Å². The van der Waals surface area contributed by atoms with Gasteiger partial charge in [0.2, 0.25) is 0 Å². The van der Waals surface area contributed by atoms with Crippen LogP contribution in [-0.4, -0.2) is 42.3 Å².